The Labute approximate surface area is 123 Å². The molecule has 0 amide bonds. The van der Waals surface area contributed by atoms with E-state index in [1.165, 1.54) is 45.9 Å². The molecule has 20 heavy (non-hydrogen) atoms. The summed E-state index contributed by atoms with van der Waals surface area (Å²) >= 11 is 0. The van der Waals surface area contributed by atoms with Gasteiger partial charge in [0.1, 0.15) is 5.54 Å². The number of likely N-dealkylation sites (N-methyl/N-ethyl adjacent to an activating group) is 1. The van der Waals surface area contributed by atoms with Gasteiger partial charge in [0.25, 0.3) is 0 Å². The standard InChI is InChI=1S/C16H30N2O2/c1-4-13-7-6-10-18(12-13)14-8-5-9-16(11-14,17-2)15(19)20-3/h13-14,17H,4-12H2,1-3H3. The van der Waals surface area contributed by atoms with Crippen LogP contribution < -0.4 is 5.32 Å². The first kappa shape index (κ1) is 15.8. The Morgan fingerprint density at radius 2 is 2.20 bits per heavy atom. The van der Waals surface area contributed by atoms with Crippen molar-refractivity contribution in [1.29, 1.82) is 0 Å². The van der Waals surface area contributed by atoms with Gasteiger partial charge >= 0.3 is 5.97 Å². The van der Waals surface area contributed by atoms with Crippen molar-refractivity contribution in [3.05, 3.63) is 0 Å². The lowest BCUT2D eigenvalue weighted by Crippen LogP contribution is -2.58. The molecule has 2 aliphatic rings. The first-order valence-electron chi connectivity index (χ1n) is 8.16. The van der Waals surface area contributed by atoms with E-state index in [1.807, 2.05) is 7.05 Å². The lowest BCUT2D eigenvalue weighted by Gasteiger charge is -2.45. The van der Waals surface area contributed by atoms with Crippen molar-refractivity contribution < 1.29 is 9.53 Å². The van der Waals surface area contributed by atoms with Gasteiger partial charge in [0, 0.05) is 12.6 Å². The average Bonchev–Trinajstić information content (AvgIpc) is 2.54. The summed E-state index contributed by atoms with van der Waals surface area (Å²) in [6, 6.07) is 0.532. The molecule has 0 aromatic rings. The maximum absolute atomic E-state index is 12.2. The lowest BCUT2D eigenvalue weighted by atomic mass is 9.77. The second-order valence-electron chi connectivity index (χ2n) is 6.49. The highest BCUT2D eigenvalue weighted by Crippen LogP contribution is 2.34. The number of carbonyl (C=O) groups excluding carboxylic acids is 1. The number of rotatable bonds is 4. The Hall–Kier alpha value is -0.610. The van der Waals surface area contributed by atoms with Gasteiger partial charge in [-0.1, -0.05) is 13.3 Å². The molecule has 1 saturated carbocycles. The molecule has 1 aliphatic heterocycles. The van der Waals surface area contributed by atoms with Gasteiger partial charge in [0.15, 0.2) is 0 Å². The zero-order valence-electron chi connectivity index (χ0n) is 13.3. The van der Waals surface area contributed by atoms with E-state index in [2.05, 4.69) is 17.1 Å². The van der Waals surface area contributed by atoms with Crippen molar-refractivity contribution in [3.8, 4) is 0 Å². The zero-order chi connectivity index (χ0) is 14.6. The van der Waals surface area contributed by atoms with Crippen LogP contribution in [0.3, 0.4) is 0 Å². The Balaban J connectivity index is 2.03. The minimum atomic E-state index is -0.461. The molecule has 1 N–H and O–H groups in total. The molecule has 2 fully saturated rings. The average molecular weight is 282 g/mol. The van der Waals surface area contributed by atoms with Crippen LogP contribution in [0.15, 0.2) is 0 Å². The van der Waals surface area contributed by atoms with Gasteiger partial charge in [0.05, 0.1) is 7.11 Å². The third-order valence-electron chi connectivity index (χ3n) is 5.42. The van der Waals surface area contributed by atoms with Gasteiger partial charge in [-0.2, -0.15) is 0 Å². The molecule has 3 atom stereocenters. The normalized spacial score (nSPS) is 35.8. The van der Waals surface area contributed by atoms with E-state index in [-0.39, 0.29) is 5.97 Å². The Kier molecular flexibility index (Phi) is 5.44. The van der Waals surface area contributed by atoms with Crippen LogP contribution in [0.25, 0.3) is 0 Å². The summed E-state index contributed by atoms with van der Waals surface area (Å²) in [6.45, 7) is 4.70. The first-order chi connectivity index (χ1) is 9.65. The summed E-state index contributed by atoms with van der Waals surface area (Å²) < 4.78 is 5.04. The molecular formula is C16H30N2O2. The molecule has 116 valence electrons. The van der Waals surface area contributed by atoms with E-state index < -0.39 is 5.54 Å². The maximum Gasteiger partial charge on any atom is 0.326 e. The number of carbonyl (C=O) groups is 1. The number of nitrogens with zero attached hydrogens (tertiary/aromatic N) is 1. The minimum Gasteiger partial charge on any atom is -0.468 e. The van der Waals surface area contributed by atoms with E-state index in [0.717, 1.165) is 25.2 Å². The van der Waals surface area contributed by atoms with Crippen LogP contribution >= 0.6 is 0 Å². The van der Waals surface area contributed by atoms with Crippen LogP contribution in [0.1, 0.15) is 51.9 Å². The van der Waals surface area contributed by atoms with Crippen LogP contribution in [0.2, 0.25) is 0 Å². The molecule has 1 aliphatic carbocycles. The molecule has 1 heterocycles. The Bertz CT molecular complexity index is 334. The summed E-state index contributed by atoms with van der Waals surface area (Å²) in [4.78, 5) is 14.8. The predicted octanol–water partition coefficient (Wildman–Crippen LogP) is 2.18. The minimum absolute atomic E-state index is 0.0891. The second kappa shape index (κ2) is 6.90. The number of esters is 1. The molecule has 3 unspecified atom stereocenters. The molecule has 1 saturated heterocycles. The van der Waals surface area contributed by atoms with Gasteiger partial charge in [-0.15, -0.1) is 0 Å². The third kappa shape index (κ3) is 3.17. The predicted molar refractivity (Wildman–Crippen MR) is 80.7 cm³/mol. The molecule has 0 spiro atoms. The Morgan fingerprint density at radius 1 is 1.40 bits per heavy atom. The second-order valence-corrected chi connectivity index (χ2v) is 6.49. The monoisotopic (exact) mass is 282 g/mol. The molecule has 4 heteroatoms. The van der Waals surface area contributed by atoms with Crippen LogP contribution in [0.5, 0.6) is 0 Å². The summed E-state index contributed by atoms with van der Waals surface area (Å²) in [6.07, 6.45) is 8.07. The van der Waals surface area contributed by atoms with Crippen molar-refractivity contribution >= 4 is 5.97 Å². The molecule has 4 nitrogen and oxygen atoms in total. The summed E-state index contributed by atoms with van der Waals surface area (Å²) in [5.74, 6) is 0.751. The number of likely N-dealkylation sites (tertiary alicyclic amines) is 1. The highest BCUT2D eigenvalue weighted by Gasteiger charge is 2.44. The Morgan fingerprint density at radius 3 is 2.85 bits per heavy atom. The van der Waals surface area contributed by atoms with Crippen molar-refractivity contribution in [2.75, 3.05) is 27.2 Å². The summed E-state index contributed by atoms with van der Waals surface area (Å²) in [5.41, 5.74) is -0.461. The van der Waals surface area contributed by atoms with E-state index in [1.54, 1.807) is 0 Å². The van der Waals surface area contributed by atoms with E-state index in [4.69, 9.17) is 4.74 Å². The number of nitrogens with one attached hydrogen (secondary N) is 1. The third-order valence-corrected chi connectivity index (χ3v) is 5.42. The van der Waals surface area contributed by atoms with Gasteiger partial charge in [-0.25, -0.2) is 0 Å². The fourth-order valence-corrected chi connectivity index (χ4v) is 4.03. The molecule has 0 aromatic carbocycles. The largest absolute Gasteiger partial charge is 0.468 e. The highest BCUT2D eigenvalue weighted by atomic mass is 16.5. The molecule has 2 rings (SSSR count). The number of piperidine rings is 1. The van der Waals surface area contributed by atoms with E-state index >= 15 is 0 Å². The van der Waals surface area contributed by atoms with Crippen LogP contribution in [0.4, 0.5) is 0 Å². The van der Waals surface area contributed by atoms with E-state index in [9.17, 15) is 4.79 Å². The van der Waals surface area contributed by atoms with Crippen LogP contribution in [0, 0.1) is 5.92 Å². The van der Waals surface area contributed by atoms with Gasteiger partial charge in [0.2, 0.25) is 0 Å². The number of methoxy groups -OCH3 is 1. The zero-order valence-corrected chi connectivity index (χ0v) is 13.3. The molecule has 0 radical (unpaired) electrons. The van der Waals surface area contributed by atoms with Crippen molar-refractivity contribution in [2.45, 2.75) is 63.5 Å². The molecule has 0 bridgehead atoms. The fraction of sp³-hybridized carbons (Fsp3) is 0.938. The van der Waals surface area contributed by atoms with Gasteiger partial charge < -0.3 is 15.0 Å². The maximum atomic E-state index is 12.2. The van der Waals surface area contributed by atoms with Gasteiger partial charge in [-0.05, 0) is 58.0 Å². The topological polar surface area (TPSA) is 41.6 Å². The SMILES string of the molecule is CCC1CCCN(C2CCCC(NC)(C(=O)OC)C2)C1. The first-order valence-corrected chi connectivity index (χ1v) is 8.16. The van der Waals surface area contributed by atoms with Crippen LogP contribution in [-0.4, -0.2) is 49.7 Å². The molecule has 0 aromatic heterocycles. The van der Waals surface area contributed by atoms with E-state index in [0.29, 0.717) is 6.04 Å². The highest BCUT2D eigenvalue weighted by molar-refractivity contribution is 5.81. The van der Waals surface area contributed by atoms with Gasteiger partial charge in [-0.3, -0.25) is 4.79 Å². The van der Waals surface area contributed by atoms with Crippen molar-refractivity contribution in [1.82, 2.24) is 10.2 Å². The number of hydrogen-bond donors (Lipinski definition) is 1. The summed E-state index contributed by atoms with van der Waals surface area (Å²) in [7, 11) is 3.39. The quantitative estimate of drug-likeness (QED) is 0.803. The number of ether oxygens (including phenoxy) is 1. The van der Waals surface area contributed by atoms with Crippen molar-refractivity contribution in [2.24, 2.45) is 5.92 Å². The number of hydrogen-bond acceptors (Lipinski definition) is 4. The lowest BCUT2D eigenvalue weighted by molar-refractivity contribution is -0.151. The fourth-order valence-electron chi connectivity index (χ4n) is 4.03. The van der Waals surface area contributed by atoms with Crippen LogP contribution in [-0.2, 0) is 9.53 Å². The summed E-state index contributed by atoms with van der Waals surface area (Å²) in [5, 5.41) is 3.26. The molecular weight excluding hydrogens is 252 g/mol. The van der Waals surface area contributed by atoms with Crippen molar-refractivity contribution in [3.63, 3.8) is 0 Å². The smallest absolute Gasteiger partial charge is 0.326 e.